The van der Waals surface area contributed by atoms with Crippen LogP contribution >= 0.6 is 11.3 Å². The van der Waals surface area contributed by atoms with E-state index in [9.17, 15) is 9.59 Å². The average molecular weight is 302 g/mol. The fourth-order valence-electron chi connectivity index (χ4n) is 2.56. The summed E-state index contributed by atoms with van der Waals surface area (Å²) in [5.74, 6) is -0.934. The van der Waals surface area contributed by atoms with E-state index in [0.717, 1.165) is 34.8 Å². The Morgan fingerprint density at radius 3 is 2.90 bits per heavy atom. The molecule has 1 amide bonds. The normalized spacial score (nSPS) is 13.3. The van der Waals surface area contributed by atoms with E-state index in [-0.39, 0.29) is 11.6 Å². The molecule has 108 valence electrons. The van der Waals surface area contributed by atoms with Crippen LogP contribution in [-0.2, 0) is 17.6 Å². The maximum Gasteiger partial charge on any atom is 0.355 e. The number of aromatic nitrogens is 1. The summed E-state index contributed by atoms with van der Waals surface area (Å²) >= 11 is 1.35. The minimum Gasteiger partial charge on any atom is -0.476 e. The predicted octanol–water partition coefficient (Wildman–Crippen LogP) is 2.34. The largest absolute Gasteiger partial charge is 0.476 e. The number of fused-ring (bicyclic) bond motifs is 1. The first-order valence-corrected chi connectivity index (χ1v) is 7.50. The molecule has 0 saturated carbocycles. The summed E-state index contributed by atoms with van der Waals surface area (Å²) in [6.45, 7) is 2.31. The molecule has 0 aliphatic carbocycles. The molecule has 1 aromatic heterocycles. The molecule has 0 saturated heterocycles. The second-order valence-corrected chi connectivity index (χ2v) is 5.93. The van der Waals surface area contributed by atoms with E-state index in [4.69, 9.17) is 5.11 Å². The number of carboxylic acids is 1. The van der Waals surface area contributed by atoms with Crippen molar-refractivity contribution in [2.45, 2.75) is 19.8 Å². The molecule has 0 atom stereocenters. The standard InChI is InChI=1S/C15H14N2O3S/c1-9(18)17-5-4-11-6-10(2-3-13(11)17)7-14-16-12(8-21-14)15(19)20/h2-3,6,8H,4-5,7H2,1H3,(H,19,20). The third-order valence-corrected chi connectivity index (χ3v) is 4.39. The van der Waals surface area contributed by atoms with E-state index in [1.807, 2.05) is 12.1 Å². The molecular formula is C15H14N2O3S. The molecule has 2 aromatic rings. The summed E-state index contributed by atoms with van der Waals surface area (Å²) in [6.07, 6.45) is 1.48. The molecule has 1 aromatic carbocycles. The number of benzene rings is 1. The lowest BCUT2D eigenvalue weighted by Crippen LogP contribution is -2.25. The Morgan fingerprint density at radius 1 is 1.43 bits per heavy atom. The summed E-state index contributed by atoms with van der Waals surface area (Å²) in [5.41, 5.74) is 3.33. The summed E-state index contributed by atoms with van der Waals surface area (Å²) < 4.78 is 0. The lowest BCUT2D eigenvalue weighted by Gasteiger charge is -2.14. The van der Waals surface area contributed by atoms with Gasteiger partial charge >= 0.3 is 5.97 Å². The first-order valence-electron chi connectivity index (χ1n) is 6.62. The van der Waals surface area contributed by atoms with Crippen LogP contribution < -0.4 is 4.90 Å². The van der Waals surface area contributed by atoms with Crippen molar-refractivity contribution in [3.63, 3.8) is 0 Å². The number of hydrogen-bond donors (Lipinski definition) is 1. The van der Waals surface area contributed by atoms with Crippen molar-refractivity contribution in [3.05, 3.63) is 45.4 Å². The van der Waals surface area contributed by atoms with Gasteiger partial charge in [0.25, 0.3) is 0 Å². The molecule has 3 rings (SSSR count). The van der Waals surface area contributed by atoms with Gasteiger partial charge in [0, 0.05) is 31.0 Å². The van der Waals surface area contributed by atoms with Gasteiger partial charge in [-0.15, -0.1) is 11.3 Å². The van der Waals surface area contributed by atoms with E-state index in [2.05, 4.69) is 11.1 Å². The highest BCUT2D eigenvalue weighted by molar-refractivity contribution is 7.09. The van der Waals surface area contributed by atoms with Gasteiger partial charge in [-0.2, -0.15) is 0 Å². The molecule has 0 radical (unpaired) electrons. The van der Waals surface area contributed by atoms with Crippen molar-refractivity contribution >= 4 is 28.9 Å². The van der Waals surface area contributed by atoms with Gasteiger partial charge in [0.05, 0.1) is 5.01 Å². The minimum atomic E-state index is -0.997. The number of carbonyl (C=O) groups excluding carboxylic acids is 1. The van der Waals surface area contributed by atoms with E-state index in [1.165, 1.54) is 11.3 Å². The van der Waals surface area contributed by atoms with Gasteiger partial charge in [-0.3, -0.25) is 4.79 Å². The SMILES string of the molecule is CC(=O)N1CCc2cc(Cc3nc(C(=O)O)cs3)ccc21. The topological polar surface area (TPSA) is 70.5 Å². The highest BCUT2D eigenvalue weighted by Crippen LogP contribution is 2.29. The van der Waals surface area contributed by atoms with Crippen molar-refractivity contribution in [3.8, 4) is 0 Å². The molecule has 2 heterocycles. The third-order valence-electron chi connectivity index (χ3n) is 3.55. The van der Waals surface area contributed by atoms with Crippen LogP contribution in [0, 0.1) is 0 Å². The highest BCUT2D eigenvalue weighted by atomic mass is 32.1. The Labute approximate surface area is 125 Å². The Balaban J connectivity index is 1.81. The Morgan fingerprint density at radius 2 is 2.24 bits per heavy atom. The molecule has 5 nitrogen and oxygen atoms in total. The van der Waals surface area contributed by atoms with Gasteiger partial charge in [-0.1, -0.05) is 12.1 Å². The molecule has 0 spiro atoms. The highest BCUT2D eigenvalue weighted by Gasteiger charge is 2.22. The maximum absolute atomic E-state index is 11.5. The van der Waals surface area contributed by atoms with Crippen LogP contribution in [0.25, 0.3) is 0 Å². The average Bonchev–Trinajstić information content (AvgIpc) is 3.04. The number of thiazole rings is 1. The number of hydrogen-bond acceptors (Lipinski definition) is 4. The molecule has 1 aliphatic heterocycles. The Bertz CT molecular complexity index is 723. The number of carbonyl (C=O) groups is 2. The summed E-state index contributed by atoms with van der Waals surface area (Å²) in [5, 5.41) is 11.2. The van der Waals surface area contributed by atoms with Gasteiger partial charge in [-0.05, 0) is 23.6 Å². The van der Waals surface area contributed by atoms with Gasteiger partial charge in [0.2, 0.25) is 5.91 Å². The van der Waals surface area contributed by atoms with Crippen molar-refractivity contribution in [2.75, 3.05) is 11.4 Å². The fourth-order valence-corrected chi connectivity index (χ4v) is 3.36. The van der Waals surface area contributed by atoms with Crippen LogP contribution in [0.5, 0.6) is 0 Å². The van der Waals surface area contributed by atoms with Gasteiger partial charge < -0.3 is 10.0 Å². The summed E-state index contributed by atoms with van der Waals surface area (Å²) in [4.78, 5) is 28.2. The van der Waals surface area contributed by atoms with Gasteiger partial charge in [0.15, 0.2) is 5.69 Å². The first-order chi connectivity index (χ1) is 10.0. The summed E-state index contributed by atoms with van der Waals surface area (Å²) in [7, 11) is 0. The molecular weight excluding hydrogens is 288 g/mol. The Kier molecular flexibility index (Phi) is 3.47. The van der Waals surface area contributed by atoms with Gasteiger partial charge in [0.1, 0.15) is 0 Å². The van der Waals surface area contributed by atoms with Crippen molar-refractivity contribution in [1.29, 1.82) is 0 Å². The van der Waals surface area contributed by atoms with Crippen molar-refractivity contribution in [2.24, 2.45) is 0 Å². The first kappa shape index (κ1) is 13.8. The molecule has 0 bridgehead atoms. The molecule has 0 unspecified atom stereocenters. The van der Waals surface area contributed by atoms with Crippen LogP contribution in [0.3, 0.4) is 0 Å². The number of nitrogens with zero attached hydrogens (tertiary/aromatic N) is 2. The number of amides is 1. The lowest BCUT2D eigenvalue weighted by molar-refractivity contribution is -0.116. The fraction of sp³-hybridized carbons (Fsp3) is 0.267. The van der Waals surface area contributed by atoms with Crippen molar-refractivity contribution in [1.82, 2.24) is 4.98 Å². The number of aromatic carboxylic acids is 1. The number of anilines is 1. The number of carboxylic acid groups (broad SMARTS) is 1. The van der Waals surface area contributed by atoms with Crippen LogP contribution in [-0.4, -0.2) is 28.5 Å². The quantitative estimate of drug-likeness (QED) is 0.944. The Hall–Kier alpha value is -2.21. The van der Waals surface area contributed by atoms with Crippen molar-refractivity contribution < 1.29 is 14.7 Å². The van der Waals surface area contributed by atoms with Gasteiger partial charge in [-0.25, -0.2) is 9.78 Å². The smallest absolute Gasteiger partial charge is 0.355 e. The minimum absolute atomic E-state index is 0.0625. The van der Waals surface area contributed by atoms with E-state index < -0.39 is 5.97 Å². The molecule has 0 fully saturated rings. The zero-order valence-corrected chi connectivity index (χ0v) is 12.3. The molecule has 21 heavy (non-hydrogen) atoms. The van der Waals surface area contributed by atoms with Crippen LogP contribution in [0.4, 0.5) is 5.69 Å². The van der Waals surface area contributed by atoms with E-state index in [1.54, 1.807) is 17.2 Å². The monoisotopic (exact) mass is 302 g/mol. The lowest BCUT2D eigenvalue weighted by atomic mass is 10.1. The molecule has 6 heteroatoms. The van der Waals surface area contributed by atoms with Crippen LogP contribution in [0.15, 0.2) is 23.6 Å². The van der Waals surface area contributed by atoms with E-state index in [0.29, 0.717) is 6.42 Å². The predicted molar refractivity (Wildman–Crippen MR) is 80.1 cm³/mol. The molecule has 1 aliphatic rings. The molecule has 1 N–H and O–H groups in total. The zero-order valence-electron chi connectivity index (χ0n) is 11.5. The second-order valence-electron chi connectivity index (χ2n) is 4.99. The van der Waals surface area contributed by atoms with E-state index >= 15 is 0 Å². The maximum atomic E-state index is 11.5. The second kappa shape index (κ2) is 5.29. The number of rotatable bonds is 3. The van der Waals surface area contributed by atoms with Crippen LogP contribution in [0.2, 0.25) is 0 Å². The zero-order chi connectivity index (χ0) is 15.0. The van der Waals surface area contributed by atoms with Crippen LogP contribution in [0.1, 0.15) is 33.5 Å². The third kappa shape index (κ3) is 2.67. The summed E-state index contributed by atoms with van der Waals surface area (Å²) in [6, 6.07) is 6.02.